The van der Waals surface area contributed by atoms with Gasteiger partial charge in [-0.15, -0.1) is 0 Å². The first-order valence-electron chi connectivity index (χ1n) is 12.8. The third kappa shape index (κ3) is 4.81. The molecule has 6 rings (SSSR count). The number of amides is 1. The monoisotopic (exact) mass is 562 g/mol. The molecule has 5 aromatic rings. The van der Waals surface area contributed by atoms with E-state index in [1.54, 1.807) is 30.2 Å². The van der Waals surface area contributed by atoms with Gasteiger partial charge in [-0.2, -0.15) is 13.2 Å². The average molecular weight is 563 g/mol. The van der Waals surface area contributed by atoms with Crippen molar-refractivity contribution in [1.29, 1.82) is 0 Å². The number of hydrogen-bond donors (Lipinski definition) is 3. The second kappa shape index (κ2) is 9.88. The topological polar surface area (TPSA) is 120 Å². The minimum atomic E-state index is -4.56. The molecule has 1 saturated heterocycles. The van der Waals surface area contributed by atoms with Crippen LogP contribution >= 0.6 is 0 Å². The molecular weight excluding hydrogens is 537 g/mol. The van der Waals surface area contributed by atoms with Crippen LogP contribution in [-0.2, 0) is 6.18 Å². The number of fused-ring (bicyclic) bond motifs is 2. The fraction of sp³-hybridized carbons (Fsp3) is 0.207. The number of nitrogens with zero attached hydrogens (tertiary/aromatic N) is 3. The van der Waals surface area contributed by atoms with Crippen molar-refractivity contribution in [2.45, 2.75) is 6.18 Å². The van der Waals surface area contributed by atoms with Crippen LogP contribution in [0.15, 0.2) is 65.5 Å². The van der Waals surface area contributed by atoms with E-state index in [0.29, 0.717) is 42.6 Å². The van der Waals surface area contributed by atoms with Crippen molar-refractivity contribution in [3.63, 3.8) is 0 Å². The fourth-order valence-corrected chi connectivity index (χ4v) is 5.10. The Kier molecular flexibility index (Phi) is 6.32. The number of nitrogens with two attached hydrogens (primary N) is 1. The van der Waals surface area contributed by atoms with Crippen molar-refractivity contribution >= 4 is 39.2 Å². The first kappa shape index (κ1) is 26.2. The molecule has 0 aliphatic carbocycles. The quantitative estimate of drug-likeness (QED) is 0.294. The number of benzene rings is 3. The lowest BCUT2D eigenvalue weighted by atomic mass is 10.1. The van der Waals surface area contributed by atoms with Crippen molar-refractivity contribution < 1.29 is 22.7 Å². The van der Waals surface area contributed by atoms with E-state index in [9.17, 15) is 22.8 Å². The molecule has 41 heavy (non-hydrogen) atoms. The van der Waals surface area contributed by atoms with Gasteiger partial charge in [-0.05, 0) is 60.7 Å². The minimum absolute atomic E-state index is 0.0304. The summed E-state index contributed by atoms with van der Waals surface area (Å²) in [5.41, 5.74) is 7.27. The molecule has 1 fully saturated rings. The molecule has 3 heterocycles. The van der Waals surface area contributed by atoms with E-state index in [-0.39, 0.29) is 34.0 Å². The van der Waals surface area contributed by atoms with Crippen LogP contribution in [-0.4, -0.2) is 59.0 Å². The molecular formula is C29H25F3N6O3. The summed E-state index contributed by atoms with van der Waals surface area (Å²) in [5.74, 6) is 0.631. The van der Waals surface area contributed by atoms with Crippen LogP contribution in [0, 0.1) is 0 Å². The number of hydrogen-bond acceptors (Lipinski definition) is 6. The van der Waals surface area contributed by atoms with Gasteiger partial charge in [0.25, 0.3) is 11.5 Å². The zero-order valence-corrected chi connectivity index (χ0v) is 21.9. The van der Waals surface area contributed by atoms with E-state index in [1.165, 1.54) is 6.07 Å². The molecule has 2 aromatic heterocycles. The van der Waals surface area contributed by atoms with Crippen LogP contribution < -0.4 is 20.9 Å². The Morgan fingerprint density at radius 2 is 1.66 bits per heavy atom. The molecule has 1 amide bonds. The molecule has 0 atom stereocenters. The first-order valence-corrected chi connectivity index (χ1v) is 12.8. The van der Waals surface area contributed by atoms with E-state index in [2.05, 4.69) is 19.9 Å². The number of alkyl halides is 3. The molecule has 1 aliphatic rings. The average Bonchev–Trinajstić information content (AvgIpc) is 3.31. The normalized spacial score (nSPS) is 14.1. The van der Waals surface area contributed by atoms with Gasteiger partial charge < -0.3 is 30.2 Å². The summed E-state index contributed by atoms with van der Waals surface area (Å²) in [5, 5.41) is 0.507. The SMILES string of the molecule is COc1ccc(N2CCN(C(=O)c3ccc4[nH]c(-c5nc6cc(C(F)(F)F)ccc6[nH]c5=O)c(N)c4c3)CC2)cc1. The molecule has 0 spiro atoms. The Hall–Kier alpha value is -5.00. The van der Waals surface area contributed by atoms with Crippen molar-refractivity contribution in [2.24, 2.45) is 0 Å². The molecule has 12 heteroatoms. The molecule has 0 radical (unpaired) electrons. The summed E-state index contributed by atoms with van der Waals surface area (Å²) < 4.78 is 44.9. The molecule has 0 unspecified atom stereocenters. The lowest BCUT2D eigenvalue weighted by Crippen LogP contribution is -2.48. The van der Waals surface area contributed by atoms with E-state index in [4.69, 9.17) is 10.5 Å². The number of ether oxygens (including phenoxy) is 1. The van der Waals surface area contributed by atoms with E-state index in [0.717, 1.165) is 23.6 Å². The van der Waals surface area contributed by atoms with Crippen LogP contribution in [0.2, 0.25) is 0 Å². The van der Waals surface area contributed by atoms with Gasteiger partial charge in [-0.3, -0.25) is 9.59 Å². The lowest BCUT2D eigenvalue weighted by molar-refractivity contribution is -0.137. The number of anilines is 2. The number of H-pyrrole nitrogens is 2. The Labute approximate surface area is 231 Å². The number of aromatic amines is 2. The Morgan fingerprint density at radius 1 is 0.951 bits per heavy atom. The number of halogens is 3. The van der Waals surface area contributed by atoms with Gasteiger partial charge >= 0.3 is 6.18 Å². The first-order chi connectivity index (χ1) is 19.6. The van der Waals surface area contributed by atoms with Crippen LogP contribution in [0.25, 0.3) is 33.3 Å². The molecule has 3 aromatic carbocycles. The molecule has 0 bridgehead atoms. The molecule has 0 saturated carbocycles. The highest BCUT2D eigenvalue weighted by Crippen LogP contribution is 2.33. The van der Waals surface area contributed by atoms with Gasteiger partial charge in [-0.1, -0.05) is 0 Å². The van der Waals surface area contributed by atoms with E-state index in [1.807, 2.05) is 24.3 Å². The highest BCUT2D eigenvalue weighted by molar-refractivity contribution is 6.04. The number of piperazine rings is 1. The third-order valence-electron chi connectivity index (χ3n) is 7.35. The lowest BCUT2D eigenvalue weighted by Gasteiger charge is -2.36. The van der Waals surface area contributed by atoms with Gasteiger partial charge in [-0.25, -0.2) is 4.98 Å². The predicted molar refractivity (Wildman–Crippen MR) is 150 cm³/mol. The number of nitrogens with one attached hydrogen (secondary N) is 2. The van der Waals surface area contributed by atoms with Crippen LogP contribution in [0.1, 0.15) is 15.9 Å². The maximum absolute atomic E-state index is 13.4. The Morgan fingerprint density at radius 3 is 2.34 bits per heavy atom. The number of methoxy groups -OCH3 is 1. The summed E-state index contributed by atoms with van der Waals surface area (Å²) in [6, 6.07) is 15.7. The highest BCUT2D eigenvalue weighted by Gasteiger charge is 2.31. The zero-order chi connectivity index (χ0) is 28.9. The predicted octanol–water partition coefficient (Wildman–Crippen LogP) is 4.64. The van der Waals surface area contributed by atoms with Crippen molar-refractivity contribution in [3.05, 3.63) is 82.1 Å². The van der Waals surface area contributed by atoms with Crippen LogP contribution in [0.4, 0.5) is 24.5 Å². The second-order valence-corrected chi connectivity index (χ2v) is 9.80. The molecule has 1 aliphatic heterocycles. The molecule has 4 N–H and O–H groups in total. The maximum atomic E-state index is 13.4. The smallest absolute Gasteiger partial charge is 0.416 e. The Balaban J connectivity index is 1.26. The number of rotatable bonds is 4. The second-order valence-electron chi connectivity index (χ2n) is 9.80. The van der Waals surface area contributed by atoms with Crippen LogP contribution in [0.3, 0.4) is 0 Å². The third-order valence-corrected chi connectivity index (χ3v) is 7.35. The van der Waals surface area contributed by atoms with E-state index >= 15 is 0 Å². The standard InChI is InChI=1S/C29H25F3N6O3/c1-41-19-6-4-18(5-7-19)37-10-12-38(13-11-37)28(40)16-2-8-21-20(14-16)24(33)25(34-21)26-27(39)36-22-9-3-17(29(30,31)32)15-23(22)35-26/h2-9,14-15,34H,10-13,33H2,1H3,(H,36,39). The summed E-state index contributed by atoms with van der Waals surface area (Å²) >= 11 is 0. The number of carbonyl (C=O) groups is 1. The molecule has 9 nitrogen and oxygen atoms in total. The van der Waals surface area contributed by atoms with Gasteiger partial charge in [0.1, 0.15) is 5.75 Å². The minimum Gasteiger partial charge on any atom is -0.497 e. The number of carbonyl (C=O) groups excluding carboxylic acids is 1. The van der Waals surface area contributed by atoms with Gasteiger partial charge in [0.05, 0.1) is 35.1 Å². The van der Waals surface area contributed by atoms with Gasteiger partial charge in [0, 0.05) is 48.3 Å². The van der Waals surface area contributed by atoms with Crippen LogP contribution in [0.5, 0.6) is 5.75 Å². The Bertz CT molecular complexity index is 1840. The summed E-state index contributed by atoms with van der Waals surface area (Å²) in [6.45, 7) is 2.41. The maximum Gasteiger partial charge on any atom is 0.416 e. The fourth-order valence-electron chi connectivity index (χ4n) is 5.10. The van der Waals surface area contributed by atoms with Crippen molar-refractivity contribution in [3.8, 4) is 17.1 Å². The summed E-state index contributed by atoms with van der Waals surface area (Å²) in [6.07, 6.45) is -4.56. The highest BCUT2D eigenvalue weighted by atomic mass is 19.4. The number of aromatic nitrogens is 3. The molecule has 210 valence electrons. The summed E-state index contributed by atoms with van der Waals surface area (Å²) in [4.78, 5) is 39.9. The largest absolute Gasteiger partial charge is 0.497 e. The zero-order valence-electron chi connectivity index (χ0n) is 21.9. The van der Waals surface area contributed by atoms with Gasteiger partial charge in [0.15, 0.2) is 5.69 Å². The number of nitrogen functional groups attached to an aromatic ring is 1. The van der Waals surface area contributed by atoms with Crippen molar-refractivity contribution in [2.75, 3.05) is 43.9 Å². The summed E-state index contributed by atoms with van der Waals surface area (Å²) in [7, 11) is 1.62. The van der Waals surface area contributed by atoms with Crippen molar-refractivity contribution in [1.82, 2.24) is 19.9 Å². The van der Waals surface area contributed by atoms with E-state index < -0.39 is 17.3 Å². The van der Waals surface area contributed by atoms with Gasteiger partial charge in [0.2, 0.25) is 0 Å².